The second kappa shape index (κ2) is 7.92. The molecule has 0 rings (SSSR count). The van der Waals surface area contributed by atoms with Crippen molar-refractivity contribution in [1.82, 2.24) is 0 Å². The van der Waals surface area contributed by atoms with Crippen molar-refractivity contribution in [3.8, 4) is 0 Å². The molecule has 0 fully saturated rings. The van der Waals surface area contributed by atoms with Crippen molar-refractivity contribution in [1.29, 1.82) is 0 Å². The Labute approximate surface area is 98.4 Å². The SMILES string of the molecule is C=C(C)C(=O)OC(CCC[SiH3])COC(N)=O. The summed E-state index contributed by atoms with van der Waals surface area (Å²) in [6.07, 6.45) is 0.339. The van der Waals surface area contributed by atoms with Gasteiger partial charge in [0.25, 0.3) is 0 Å². The highest BCUT2D eigenvalue weighted by Crippen LogP contribution is 2.08. The van der Waals surface area contributed by atoms with Gasteiger partial charge in [-0.05, 0) is 13.3 Å². The van der Waals surface area contributed by atoms with Gasteiger partial charge in [0, 0.05) is 15.8 Å². The molecule has 16 heavy (non-hydrogen) atoms. The summed E-state index contributed by atoms with van der Waals surface area (Å²) >= 11 is 0. The van der Waals surface area contributed by atoms with Crippen molar-refractivity contribution >= 4 is 22.3 Å². The molecule has 0 radical (unpaired) electrons. The fraction of sp³-hybridized carbons (Fsp3) is 0.600. The second-order valence-corrected chi connectivity index (χ2v) is 4.58. The number of amides is 1. The highest BCUT2D eigenvalue weighted by Gasteiger charge is 2.16. The van der Waals surface area contributed by atoms with Gasteiger partial charge >= 0.3 is 12.1 Å². The van der Waals surface area contributed by atoms with Gasteiger partial charge in [0.1, 0.15) is 12.7 Å². The van der Waals surface area contributed by atoms with Gasteiger partial charge in [-0.25, -0.2) is 9.59 Å². The van der Waals surface area contributed by atoms with E-state index in [2.05, 4.69) is 11.3 Å². The molecule has 0 aliphatic rings. The minimum atomic E-state index is -0.859. The molecule has 0 aliphatic carbocycles. The predicted molar refractivity (Wildman–Crippen MR) is 64.2 cm³/mol. The maximum absolute atomic E-state index is 11.3. The first kappa shape index (κ1) is 14.7. The van der Waals surface area contributed by atoms with E-state index in [1.165, 1.54) is 0 Å². The molecule has 0 spiro atoms. The van der Waals surface area contributed by atoms with Gasteiger partial charge in [-0.1, -0.05) is 19.0 Å². The van der Waals surface area contributed by atoms with Crippen molar-refractivity contribution < 1.29 is 19.1 Å². The summed E-state index contributed by atoms with van der Waals surface area (Å²) < 4.78 is 9.73. The summed E-state index contributed by atoms with van der Waals surface area (Å²) in [5.74, 6) is -0.466. The largest absolute Gasteiger partial charge is 0.455 e. The molecule has 5 nitrogen and oxygen atoms in total. The summed E-state index contributed by atoms with van der Waals surface area (Å²) in [7, 11) is 1.10. The lowest BCUT2D eigenvalue weighted by molar-refractivity contribution is -0.146. The maximum atomic E-state index is 11.3. The van der Waals surface area contributed by atoms with Crippen LogP contribution in [0.4, 0.5) is 4.79 Å². The number of carbonyl (C=O) groups excluding carboxylic acids is 2. The Morgan fingerprint density at radius 1 is 1.50 bits per heavy atom. The van der Waals surface area contributed by atoms with E-state index in [9.17, 15) is 9.59 Å². The molecule has 1 atom stereocenters. The highest BCUT2D eigenvalue weighted by molar-refractivity contribution is 6.08. The van der Waals surface area contributed by atoms with Crippen LogP contribution in [0.25, 0.3) is 0 Å². The van der Waals surface area contributed by atoms with E-state index in [0.29, 0.717) is 12.0 Å². The van der Waals surface area contributed by atoms with E-state index in [-0.39, 0.29) is 6.61 Å². The summed E-state index contributed by atoms with van der Waals surface area (Å²) in [5.41, 5.74) is 5.18. The van der Waals surface area contributed by atoms with Crippen LogP contribution >= 0.6 is 0 Å². The van der Waals surface area contributed by atoms with Crippen molar-refractivity contribution in [2.24, 2.45) is 5.73 Å². The second-order valence-electron chi connectivity index (χ2n) is 3.58. The number of ether oxygens (including phenoxy) is 2. The molecule has 0 aromatic rings. The Balaban J connectivity index is 4.13. The fourth-order valence-electron chi connectivity index (χ4n) is 1.04. The molecule has 2 N–H and O–H groups in total. The number of primary amides is 1. The smallest absolute Gasteiger partial charge is 0.404 e. The first-order valence-corrected chi connectivity index (χ1v) is 6.67. The zero-order chi connectivity index (χ0) is 12.6. The first-order chi connectivity index (χ1) is 7.47. The van der Waals surface area contributed by atoms with Gasteiger partial charge in [0.15, 0.2) is 0 Å². The molecular formula is C10H19NO4Si. The number of carbonyl (C=O) groups is 2. The van der Waals surface area contributed by atoms with Gasteiger partial charge in [-0.2, -0.15) is 0 Å². The minimum absolute atomic E-state index is 0.00983. The van der Waals surface area contributed by atoms with Crippen LogP contribution < -0.4 is 5.73 Å². The highest BCUT2D eigenvalue weighted by atomic mass is 28.1. The van der Waals surface area contributed by atoms with Crippen LogP contribution in [0.5, 0.6) is 0 Å². The molecule has 0 saturated carbocycles. The molecule has 0 bridgehead atoms. The quantitative estimate of drug-likeness (QED) is 0.393. The summed E-state index contributed by atoms with van der Waals surface area (Å²) in [5, 5.41) is 0. The van der Waals surface area contributed by atoms with Gasteiger partial charge in [0.2, 0.25) is 0 Å². The Hall–Kier alpha value is -1.30. The van der Waals surface area contributed by atoms with Crippen molar-refractivity contribution in [3.05, 3.63) is 12.2 Å². The number of esters is 1. The Kier molecular flexibility index (Phi) is 7.28. The zero-order valence-electron chi connectivity index (χ0n) is 9.82. The molecule has 0 aromatic carbocycles. The van der Waals surface area contributed by atoms with Crippen LogP contribution in [0, 0.1) is 0 Å². The lowest BCUT2D eigenvalue weighted by Crippen LogP contribution is -2.27. The number of hydrogen-bond acceptors (Lipinski definition) is 4. The molecule has 0 heterocycles. The van der Waals surface area contributed by atoms with Crippen LogP contribution in [0.2, 0.25) is 6.04 Å². The van der Waals surface area contributed by atoms with Crippen molar-refractivity contribution in [3.63, 3.8) is 0 Å². The fourth-order valence-corrected chi connectivity index (χ4v) is 1.44. The maximum Gasteiger partial charge on any atom is 0.404 e. The number of nitrogens with two attached hydrogens (primary N) is 1. The Morgan fingerprint density at radius 2 is 2.12 bits per heavy atom. The van der Waals surface area contributed by atoms with Crippen LogP contribution in [-0.4, -0.2) is 35.0 Å². The normalized spacial score (nSPS) is 11.8. The molecular weight excluding hydrogens is 226 g/mol. The molecule has 6 heteroatoms. The average molecular weight is 245 g/mol. The van der Waals surface area contributed by atoms with E-state index in [0.717, 1.165) is 22.7 Å². The van der Waals surface area contributed by atoms with Crippen LogP contribution in [0.15, 0.2) is 12.2 Å². The van der Waals surface area contributed by atoms with Gasteiger partial charge in [-0.3, -0.25) is 0 Å². The number of hydrogen-bond donors (Lipinski definition) is 1. The third kappa shape index (κ3) is 7.05. The number of rotatable bonds is 7. The van der Waals surface area contributed by atoms with E-state index in [4.69, 9.17) is 10.5 Å². The minimum Gasteiger partial charge on any atom is -0.455 e. The standard InChI is InChI=1S/C10H19NO4Si/c1-7(2)9(12)15-8(4-3-5-16)6-14-10(11)13/h8H,1,3-6H2,2,16H3,(H2,11,13). The van der Waals surface area contributed by atoms with Crippen LogP contribution in [-0.2, 0) is 14.3 Å². The van der Waals surface area contributed by atoms with E-state index in [1.807, 2.05) is 0 Å². The van der Waals surface area contributed by atoms with E-state index >= 15 is 0 Å². The lowest BCUT2D eigenvalue weighted by Gasteiger charge is -2.17. The molecule has 1 unspecified atom stereocenters. The first-order valence-electron chi connectivity index (χ1n) is 5.26. The molecule has 0 saturated heterocycles. The lowest BCUT2D eigenvalue weighted by atomic mass is 10.2. The van der Waals surface area contributed by atoms with Crippen molar-refractivity contribution in [2.75, 3.05) is 6.61 Å². The predicted octanol–water partition coefficient (Wildman–Crippen LogP) is 0.134. The average Bonchev–Trinajstić information content (AvgIpc) is 2.21. The molecule has 1 amide bonds. The molecule has 0 aromatic heterocycles. The molecule has 92 valence electrons. The van der Waals surface area contributed by atoms with E-state index < -0.39 is 18.2 Å². The summed E-state index contributed by atoms with van der Waals surface area (Å²) in [6.45, 7) is 5.06. The van der Waals surface area contributed by atoms with E-state index in [1.54, 1.807) is 6.92 Å². The van der Waals surface area contributed by atoms with Gasteiger partial charge in [0.05, 0.1) is 0 Å². The summed E-state index contributed by atoms with van der Waals surface area (Å²) in [6, 6.07) is 1.11. The van der Waals surface area contributed by atoms with Gasteiger partial charge in [-0.15, -0.1) is 0 Å². The topological polar surface area (TPSA) is 78.6 Å². The molecule has 0 aliphatic heterocycles. The Morgan fingerprint density at radius 3 is 2.56 bits per heavy atom. The zero-order valence-corrected chi connectivity index (χ0v) is 11.8. The monoisotopic (exact) mass is 245 g/mol. The summed E-state index contributed by atoms with van der Waals surface area (Å²) in [4.78, 5) is 21.7. The van der Waals surface area contributed by atoms with Crippen LogP contribution in [0.1, 0.15) is 19.8 Å². The Bertz CT molecular complexity index is 268. The third-order valence-electron chi connectivity index (χ3n) is 1.91. The van der Waals surface area contributed by atoms with Gasteiger partial charge < -0.3 is 15.2 Å². The third-order valence-corrected chi connectivity index (χ3v) is 2.62. The van der Waals surface area contributed by atoms with Crippen molar-refractivity contribution in [2.45, 2.75) is 31.9 Å². The van der Waals surface area contributed by atoms with Crippen LogP contribution in [0.3, 0.4) is 0 Å².